The van der Waals surface area contributed by atoms with Crippen LogP contribution in [-0.4, -0.2) is 40.6 Å². The van der Waals surface area contributed by atoms with Crippen molar-refractivity contribution in [1.29, 1.82) is 0 Å². The SMILES string of the molecule is Cc1nnc(Nc2ccc3c(c2)N(C(=O)CN2CCCCC2)c2ccccc2CC3)o1. The Labute approximate surface area is 182 Å². The molecule has 31 heavy (non-hydrogen) atoms. The molecule has 3 heterocycles. The van der Waals surface area contributed by atoms with E-state index in [1.54, 1.807) is 6.92 Å². The molecule has 0 atom stereocenters. The predicted octanol–water partition coefficient (Wildman–Crippen LogP) is 4.37. The lowest BCUT2D eigenvalue weighted by molar-refractivity contribution is -0.119. The second-order valence-electron chi connectivity index (χ2n) is 8.29. The smallest absolute Gasteiger partial charge is 0.320 e. The summed E-state index contributed by atoms with van der Waals surface area (Å²) in [6.07, 6.45) is 5.38. The number of fused-ring (bicyclic) bond motifs is 2. The molecule has 0 spiro atoms. The highest BCUT2D eigenvalue weighted by Crippen LogP contribution is 2.38. The van der Waals surface area contributed by atoms with Crippen LogP contribution in [0.2, 0.25) is 0 Å². The summed E-state index contributed by atoms with van der Waals surface area (Å²) in [4.78, 5) is 17.8. The topological polar surface area (TPSA) is 74.5 Å². The van der Waals surface area contributed by atoms with Crippen LogP contribution in [0.1, 0.15) is 36.3 Å². The van der Waals surface area contributed by atoms with E-state index in [1.807, 2.05) is 29.2 Å². The van der Waals surface area contributed by atoms with Gasteiger partial charge in [-0.15, -0.1) is 5.10 Å². The molecule has 0 bridgehead atoms. The Morgan fingerprint density at radius 3 is 2.55 bits per heavy atom. The molecule has 5 rings (SSSR count). The fourth-order valence-electron chi connectivity index (χ4n) is 4.52. The van der Waals surface area contributed by atoms with Crippen molar-refractivity contribution in [2.24, 2.45) is 0 Å². The Bertz CT molecular complexity index is 1090. The fourth-order valence-corrected chi connectivity index (χ4v) is 4.52. The molecule has 1 amide bonds. The van der Waals surface area contributed by atoms with E-state index >= 15 is 0 Å². The van der Waals surface area contributed by atoms with Crippen molar-refractivity contribution in [3.63, 3.8) is 0 Å². The van der Waals surface area contributed by atoms with Crippen LogP contribution >= 0.6 is 0 Å². The number of amides is 1. The highest BCUT2D eigenvalue weighted by Gasteiger charge is 2.27. The second kappa shape index (κ2) is 8.51. The summed E-state index contributed by atoms with van der Waals surface area (Å²) in [5, 5.41) is 11.1. The molecule has 1 aromatic heterocycles. The van der Waals surface area contributed by atoms with Crippen LogP contribution < -0.4 is 10.2 Å². The van der Waals surface area contributed by atoms with E-state index in [-0.39, 0.29) is 5.91 Å². The maximum Gasteiger partial charge on any atom is 0.320 e. The van der Waals surface area contributed by atoms with Gasteiger partial charge in [0.2, 0.25) is 11.8 Å². The van der Waals surface area contributed by atoms with Crippen LogP contribution in [0, 0.1) is 6.92 Å². The summed E-state index contributed by atoms with van der Waals surface area (Å²) in [5.41, 5.74) is 5.09. The number of likely N-dealkylation sites (tertiary alicyclic amines) is 1. The van der Waals surface area contributed by atoms with Gasteiger partial charge in [0.25, 0.3) is 0 Å². The zero-order chi connectivity index (χ0) is 21.2. The Balaban J connectivity index is 1.51. The standard InChI is InChI=1S/C24H27N5O2/c1-17-26-27-24(31-17)25-20-12-11-19-10-9-18-7-3-4-8-21(18)29(22(19)15-20)23(30)16-28-13-5-2-6-14-28/h3-4,7-8,11-12,15H,2,5-6,9-10,13-14,16H2,1H3,(H,25,27). The molecule has 7 nitrogen and oxygen atoms in total. The minimum Gasteiger partial charge on any atom is -0.408 e. The van der Waals surface area contributed by atoms with Gasteiger partial charge >= 0.3 is 6.01 Å². The molecule has 0 radical (unpaired) electrons. The van der Waals surface area contributed by atoms with Crippen LogP contribution in [0.15, 0.2) is 46.9 Å². The molecule has 1 fully saturated rings. The van der Waals surface area contributed by atoms with Gasteiger partial charge in [0.15, 0.2) is 0 Å². The van der Waals surface area contributed by atoms with Gasteiger partial charge in [0.1, 0.15) is 0 Å². The summed E-state index contributed by atoms with van der Waals surface area (Å²) in [7, 11) is 0. The number of piperidine rings is 1. The van der Waals surface area contributed by atoms with Crippen LogP contribution in [0.25, 0.3) is 0 Å². The van der Waals surface area contributed by atoms with E-state index in [0.29, 0.717) is 18.5 Å². The number of aryl methyl sites for hydroxylation is 3. The molecule has 7 heteroatoms. The van der Waals surface area contributed by atoms with Gasteiger partial charge in [-0.3, -0.25) is 14.6 Å². The zero-order valence-electron chi connectivity index (χ0n) is 17.8. The van der Waals surface area contributed by atoms with E-state index in [0.717, 1.165) is 61.4 Å². The Kier molecular flexibility index (Phi) is 5.42. The van der Waals surface area contributed by atoms with Crippen molar-refractivity contribution < 1.29 is 9.21 Å². The molecule has 160 valence electrons. The third kappa shape index (κ3) is 4.18. The summed E-state index contributed by atoms with van der Waals surface area (Å²) in [5.74, 6) is 0.618. The molecule has 2 aliphatic rings. The number of para-hydroxylation sites is 1. The largest absolute Gasteiger partial charge is 0.408 e. The quantitative estimate of drug-likeness (QED) is 0.679. The van der Waals surface area contributed by atoms with Crippen molar-refractivity contribution in [3.8, 4) is 0 Å². The van der Waals surface area contributed by atoms with Gasteiger partial charge in [-0.2, -0.15) is 0 Å². The first-order valence-corrected chi connectivity index (χ1v) is 11.0. The summed E-state index contributed by atoms with van der Waals surface area (Å²) >= 11 is 0. The molecule has 0 unspecified atom stereocenters. The number of hydrogen-bond acceptors (Lipinski definition) is 6. The third-order valence-corrected chi connectivity index (χ3v) is 6.06. The molecular weight excluding hydrogens is 390 g/mol. The number of aromatic nitrogens is 2. The second-order valence-corrected chi connectivity index (χ2v) is 8.29. The van der Waals surface area contributed by atoms with Crippen LogP contribution in [-0.2, 0) is 17.6 Å². The molecule has 2 aromatic carbocycles. The minimum atomic E-state index is 0.114. The van der Waals surface area contributed by atoms with Crippen LogP contribution in [0.3, 0.4) is 0 Å². The van der Waals surface area contributed by atoms with Gasteiger partial charge in [-0.25, -0.2) is 0 Å². The van der Waals surface area contributed by atoms with Crippen LogP contribution in [0.5, 0.6) is 0 Å². The van der Waals surface area contributed by atoms with Crippen molar-refractivity contribution in [1.82, 2.24) is 15.1 Å². The summed E-state index contributed by atoms with van der Waals surface area (Å²) in [6, 6.07) is 14.7. The van der Waals surface area contributed by atoms with Crippen molar-refractivity contribution in [2.75, 3.05) is 29.9 Å². The van der Waals surface area contributed by atoms with Crippen molar-refractivity contribution >= 4 is 29.0 Å². The number of anilines is 4. The maximum absolute atomic E-state index is 13.6. The Morgan fingerprint density at radius 2 is 1.77 bits per heavy atom. The number of carbonyl (C=O) groups is 1. The first-order valence-electron chi connectivity index (χ1n) is 11.0. The maximum atomic E-state index is 13.6. The first kappa shape index (κ1) is 19.8. The van der Waals surface area contributed by atoms with E-state index in [2.05, 4.69) is 38.6 Å². The van der Waals surface area contributed by atoms with E-state index in [9.17, 15) is 4.79 Å². The van der Waals surface area contributed by atoms with Gasteiger partial charge in [-0.05, 0) is 68.1 Å². The van der Waals surface area contributed by atoms with Crippen molar-refractivity contribution in [2.45, 2.75) is 39.0 Å². The van der Waals surface area contributed by atoms with Gasteiger partial charge in [0, 0.05) is 12.6 Å². The van der Waals surface area contributed by atoms with Crippen molar-refractivity contribution in [3.05, 3.63) is 59.5 Å². The molecule has 1 saturated heterocycles. The van der Waals surface area contributed by atoms with Gasteiger partial charge in [0.05, 0.1) is 17.9 Å². The number of hydrogen-bond donors (Lipinski definition) is 1. The normalized spacial score (nSPS) is 16.4. The molecular formula is C24H27N5O2. The monoisotopic (exact) mass is 417 g/mol. The lowest BCUT2D eigenvalue weighted by Gasteiger charge is -2.30. The molecule has 1 N–H and O–H groups in total. The molecule has 0 saturated carbocycles. The minimum absolute atomic E-state index is 0.114. The van der Waals surface area contributed by atoms with E-state index < -0.39 is 0 Å². The highest BCUT2D eigenvalue weighted by molar-refractivity contribution is 6.03. The van der Waals surface area contributed by atoms with Gasteiger partial charge < -0.3 is 9.73 Å². The lowest BCUT2D eigenvalue weighted by Crippen LogP contribution is -2.40. The van der Waals surface area contributed by atoms with E-state index in [4.69, 9.17) is 4.42 Å². The van der Waals surface area contributed by atoms with Crippen LogP contribution in [0.4, 0.5) is 23.1 Å². The molecule has 2 aliphatic heterocycles. The summed E-state index contributed by atoms with van der Waals surface area (Å²) in [6.45, 7) is 4.18. The number of benzene rings is 2. The van der Waals surface area contributed by atoms with E-state index in [1.165, 1.54) is 12.0 Å². The number of rotatable bonds is 4. The third-order valence-electron chi connectivity index (χ3n) is 6.06. The average molecular weight is 418 g/mol. The number of nitrogens with one attached hydrogen (secondary N) is 1. The highest BCUT2D eigenvalue weighted by atomic mass is 16.4. The number of carbonyl (C=O) groups excluding carboxylic acids is 1. The lowest BCUT2D eigenvalue weighted by atomic mass is 10.0. The number of nitrogens with zero attached hydrogens (tertiary/aromatic N) is 4. The van der Waals surface area contributed by atoms with Gasteiger partial charge in [-0.1, -0.05) is 35.8 Å². The molecule has 3 aromatic rings. The molecule has 0 aliphatic carbocycles. The Hall–Kier alpha value is -3.19. The Morgan fingerprint density at radius 1 is 1.00 bits per heavy atom. The first-order chi connectivity index (χ1) is 15.2. The zero-order valence-corrected chi connectivity index (χ0v) is 17.8. The fraction of sp³-hybridized carbons (Fsp3) is 0.375. The average Bonchev–Trinajstić information content (AvgIpc) is 3.11. The predicted molar refractivity (Wildman–Crippen MR) is 120 cm³/mol. The summed E-state index contributed by atoms with van der Waals surface area (Å²) < 4.78 is 5.47.